The van der Waals surface area contributed by atoms with Crippen molar-refractivity contribution >= 4 is 22.5 Å². The molecule has 6 heteroatoms. The standard InChI is InChI=1S/C13H14F2N2OS/c1-17(2)13(18)8-3-4-10(16)11(5-8)19-7-9(14)6-12(19)15/h3-7,19H,16H2,1-2H3. The highest BCUT2D eigenvalue weighted by Gasteiger charge is 2.21. The summed E-state index contributed by atoms with van der Waals surface area (Å²) < 4.78 is 26.7. The number of hydrogen-bond donors (Lipinski definition) is 2. The molecule has 0 saturated heterocycles. The highest BCUT2D eigenvalue weighted by atomic mass is 32.2. The van der Waals surface area contributed by atoms with Crippen molar-refractivity contribution in [3.8, 4) is 0 Å². The molecule has 1 aromatic rings. The summed E-state index contributed by atoms with van der Waals surface area (Å²) in [5.74, 6) is -0.809. The number of thiol groups is 1. The lowest BCUT2D eigenvalue weighted by atomic mass is 10.2. The van der Waals surface area contributed by atoms with E-state index in [0.717, 1.165) is 6.08 Å². The Morgan fingerprint density at radius 1 is 1.32 bits per heavy atom. The number of benzene rings is 1. The zero-order valence-electron chi connectivity index (χ0n) is 10.5. The predicted molar refractivity (Wildman–Crippen MR) is 74.5 cm³/mol. The van der Waals surface area contributed by atoms with Crippen molar-refractivity contribution in [3.63, 3.8) is 0 Å². The van der Waals surface area contributed by atoms with E-state index in [0.29, 0.717) is 16.1 Å². The van der Waals surface area contributed by atoms with Crippen LogP contribution in [0.25, 0.3) is 0 Å². The second kappa shape index (κ2) is 5.05. The molecule has 1 atom stereocenters. The molecule has 0 saturated carbocycles. The lowest BCUT2D eigenvalue weighted by Gasteiger charge is -2.17. The molecule has 1 aromatic carbocycles. The van der Waals surface area contributed by atoms with Crippen molar-refractivity contribution < 1.29 is 13.6 Å². The number of carbonyl (C=O) groups excluding carboxylic acids is 1. The highest BCUT2D eigenvalue weighted by molar-refractivity contribution is 8.23. The second-order valence-electron chi connectivity index (χ2n) is 4.32. The van der Waals surface area contributed by atoms with Gasteiger partial charge in [0.15, 0.2) is 0 Å². The molecular weight excluding hydrogens is 270 g/mol. The summed E-state index contributed by atoms with van der Waals surface area (Å²) in [6.45, 7) is 0. The number of hydrogen-bond acceptors (Lipinski definition) is 2. The van der Waals surface area contributed by atoms with Crippen LogP contribution in [0.2, 0.25) is 0 Å². The van der Waals surface area contributed by atoms with Crippen molar-refractivity contribution in [2.45, 2.75) is 4.90 Å². The molecule has 1 aliphatic heterocycles. The van der Waals surface area contributed by atoms with Crippen LogP contribution < -0.4 is 5.73 Å². The largest absolute Gasteiger partial charge is 0.398 e. The van der Waals surface area contributed by atoms with Crippen molar-refractivity contribution in [1.29, 1.82) is 0 Å². The first-order chi connectivity index (χ1) is 8.90. The Morgan fingerprint density at radius 2 is 2.00 bits per heavy atom. The molecule has 0 radical (unpaired) electrons. The minimum absolute atomic E-state index is 0.204. The summed E-state index contributed by atoms with van der Waals surface area (Å²) in [5.41, 5.74) is 6.56. The van der Waals surface area contributed by atoms with Gasteiger partial charge in [0.2, 0.25) is 0 Å². The van der Waals surface area contributed by atoms with E-state index in [4.69, 9.17) is 5.73 Å². The quantitative estimate of drug-likeness (QED) is 0.648. The van der Waals surface area contributed by atoms with Crippen LogP contribution in [0.4, 0.5) is 14.5 Å². The number of nitrogen functional groups attached to an aromatic ring is 1. The van der Waals surface area contributed by atoms with Gasteiger partial charge in [0.1, 0.15) is 11.0 Å². The Balaban J connectivity index is 2.44. The molecule has 102 valence electrons. The second-order valence-corrected chi connectivity index (χ2v) is 6.23. The first-order valence-corrected chi connectivity index (χ1v) is 6.96. The lowest BCUT2D eigenvalue weighted by Crippen LogP contribution is -2.21. The van der Waals surface area contributed by atoms with E-state index < -0.39 is 21.9 Å². The molecule has 1 unspecified atom stereocenters. The lowest BCUT2D eigenvalue weighted by molar-refractivity contribution is 0.0827. The maximum Gasteiger partial charge on any atom is 0.253 e. The van der Waals surface area contributed by atoms with Gasteiger partial charge in [0.05, 0.1) is 0 Å². The third-order valence-electron chi connectivity index (χ3n) is 2.68. The van der Waals surface area contributed by atoms with Gasteiger partial charge in [-0.2, -0.15) is 0 Å². The van der Waals surface area contributed by atoms with Crippen LogP contribution in [0.3, 0.4) is 0 Å². The summed E-state index contributed by atoms with van der Waals surface area (Å²) in [6, 6.07) is 4.66. The maximum atomic E-state index is 13.6. The Morgan fingerprint density at radius 3 is 2.53 bits per heavy atom. The maximum absolute atomic E-state index is 13.6. The van der Waals surface area contributed by atoms with Crippen molar-refractivity contribution in [2.75, 3.05) is 19.8 Å². The van der Waals surface area contributed by atoms with E-state index >= 15 is 0 Å². The Kier molecular flexibility index (Phi) is 3.61. The van der Waals surface area contributed by atoms with E-state index in [1.165, 1.54) is 16.4 Å². The molecule has 19 heavy (non-hydrogen) atoms. The molecule has 0 spiro atoms. The summed E-state index contributed by atoms with van der Waals surface area (Å²) in [7, 11) is 1.69. The molecule has 3 nitrogen and oxygen atoms in total. The van der Waals surface area contributed by atoms with Gasteiger partial charge in [-0.25, -0.2) is 8.78 Å². The summed E-state index contributed by atoms with van der Waals surface area (Å²) >= 11 is 0. The SMILES string of the molecule is CN(C)C(=O)c1ccc(N)c([SH]2C=C(F)C=C2F)c1. The van der Waals surface area contributed by atoms with E-state index in [-0.39, 0.29) is 5.91 Å². The van der Waals surface area contributed by atoms with Gasteiger partial charge in [0.25, 0.3) is 5.91 Å². The molecule has 0 fully saturated rings. The Labute approximate surface area is 112 Å². The van der Waals surface area contributed by atoms with Crippen LogP contribution in [0.1, 0.15) is 10.4 Å². The topological polar surface area (TPSA) is 46.3 Å². The van der Waals surface area contributed by atoms with Crippen molar-refractivity contribution in [2.24, 2.45) is 0 Å². The average molecular weight is 284 g/mol. The smallest absolute Gasteiger partial charge is 0.253 e. The molecule has 1 heterocycles. The number of anilines is 1. The van der Waals surface area contributed by atoms with Crippen LogP contribution in [0, 0.1) is 0 Å². The van der Waals surface area contributed by atoms with Crippen molar-refractivity contribution in [3.05, 3.63) is 46.2 Å². The molecule has 0 aliphatic carbocycles. The number of nitrogens with zero attached hydrogens (tertiary/aromatic N) is 1. The number of nitrogens with two attached hydrogens (primary N) is 1. The van der Waals surface area contributed by atoms with Gasteiger partial charge >= 0.3 is 0 Å². The van der Waals surface area contributed by atoms with Crippen LogP contribution >= 0.6 is 10.9 Å². The van der Waals surface area contributed by atoms with Gasteiger partial charge < -0.3 is 10.6 Å². The van der Waals surface area contributed by atoms with Crippen LogP contribution in [-0.4, -0.2) is 24.9 Å². The van der Waals surface area contributed by atoms with E-state index in [2.05, 4.69) is 0 Å². The zero-order valence-corrected chi connectivity index (χ0v) is 11.4. The van der Waals surface area contributed by atoms with Gasteiger partial charge in [-0.3, -0.25) is 4.79 Å². The van der Waals surface area contributed by atoms with Gasteiger partial charge in [-0.1, -0.05) is 0 Å². The average Bonchev–Trinajstić information content (AvgIpc) is 2.68. The Bertz CT molecular complexity index is 596. The first-order valence-electron chi connectivity index (χ1n) is 5.55. The Hall–Kier alpha value is -1.82. The molecule has 0 bridgehead atoms. The predicted octanol–water partition coefficient (Wildman–Crippen LogP) is 2.97. The minimum Gasteiger partial charge on any atom is -0.398 e. The van der Waals surface area contributed by atoms with Crippen LogP contribution in [-0.2, 0) is 0 Å². The van der Waals surface area contributed by atoms with Gasteiger partial charge in [-0.15, -0.1) is 10.9 Å². The monoisotopic (exact) mass is 284 g/mol. The number of amides is 1. The fraction of sp³-hybridized carbons (Fsp3) is 0.154. The van der Waals surface area contributed by atoms with E-state index in [9.17, 15) is 13.6 Å². The molecular formula is C13H14F2N2OS. The highest BCUT2D eigenvalue weighted by Crippen LogP contribution is 2.53. The summed E-state index contributed by atoms with van der Waals surface area (Å²) in [4.78, 5) is 13.7. The number of carbonyl (C=O) groups is 1. The molecule has 1 amide bonds. The van der Waals surface area contributed by atoms with Crippen LogP contribution in [0.15, 0.2) is 45.6 Å². The number of allylic oxidation sites excluding steroid dienone is 2. The molecule has 2 rings (SSSR count). The fourth-order valence-corrected chi connectivity index (χ4v) is 3.44. The molecule has 2 N–H and O–H groups in total. The summed E-state index contributed by atoms with van der Waals surface area (Å²) in [6.07, 6.45) is 0.853. The zero-order chi connectivity index (χ0) is 14.2. The van der Waals surface area contributed by atoms with Crippen LogP contribution in [0.5, 0.6) is 0 Å². The minimum atomic E-state index is -1.56. The van der Waals surface area contributed by atoms with Gasteiger partial charge in [-0.05, 0) is 23.6 Å². The van der Waals surface area contributed by atoms with E-state index in [1.807, 2.05) is 0 Å². The van der Waals surface area contributed by atoms with E-state index in [1.54, 1.807) is 26.2 Å². The normalized spacial score (nSPS) is 19.9. The third-order valence-corrected chi connectivity index (χ3v) is 4.68. The number of halogens is 2. The fourth-order valence-electron chi connectivity index (χ4n) is 1.73. The molecule has 0 aromatic heterocycles. The summed E-state index contributed by atoms with van der Waals surface area (Å²) in [5, 5.41) is 0.661. The first kappa shape index (κ1) is 13.6. The van der Waals surface area contributed by atoms with Gasteiger partial charge in [0, 0.05) is 36.3 Å². The number of rotatable bonds is 2. The van der Waals surface area contributed by atoms with Crippen molar-refractivity contribution in [1.82, 2.24) is 4.90 Å². The molecule has 1 aliphatic rings. The third kappa shape index (κ3) is 2.63.